The van der Waals surface area contributed by atoms with Crippen molar-refractivity contribution in [2.24, 2.45) is 68.4 Å². The minimum absolute atomic E-state index is 0.182. The Bertz CT molecular complexity index is 8060. The molecule has 0 fully saturated rings. The first-order valence-corrected chi connectivity index (χ1v) is 45.9. The average Bonchev–Trinajstić information content (AvgIpc) is 1.66. The van der Waals surface area contributed by atoms with E-state index < -0.39 is 0 Å². The highest BCUT2D eigenvalue weighted by Gasteiger charge is 2.35. The molecule has 0 saturated heterocycles. The molecule has 0 radical (unpaired) electrons. The van der Waals surface area contributed by atoms with E-state index in [0.717, 1.165) is 95.0 Å². The number of fused-ring (bicyclic) bond motifs is 15. The zero-order valence-electron chi connectivity index (χ0n) is 80.1. The van der Waals surface area contributed by atoms with Gasteiger partial charge in [-0.25, -0.2) is 60.6 Å². The van der Waals surface area contributed by atoms with E-state index in [1.807, 2.05) is 55.9 Å². The van der Waals surface area contributed by atoms with Crippen molar-refractivity contribution in [2.75, 3.05) is 7.05 Å². The van der Waals surface area contributed by atoms with Crippen LogP contribution in [0.4, 0.5) is 0 Å². The van der Waals surface area contributed by atoms with Gasteiger partial charge in [-0.05, 0) is 172 Å². The molecular formula is C116H114N14O4+6. The summed E-state index contributed by atoms with van der Waals surface area (Å²) in [5, 5.41) is 9.01. The van der Waals surface area contributed by atoms with Crippen molar-refractivity contribution >= 4 is 134 Å². The van der Waals surface area contributed by atoms with Crippen molar-refractivity contribution in [3.05, 3.63) is 348 Å². The minimum Gasteiger partial charge on any atom is -0.455 e. The maximum atomic E-state index is 6.30. The number of furan rings is 4. The molecule has 1 atom stereocenters. The first kappa shape index (κ1) is 87.6. The van der Waals surface area contributed by atoms with Gasteiger partial charge in [-0.2, -0.15) is 4.57 Å². The Hall–Kier alpha value is -15.7. The second kappa shape index (κ2) is 35.9. The van der Waals surface area contributed by atoms with Gasteiger partial charge in [-0.3, -0.25) is 0 Å². The van der Waals surface area contributed by atoms with Gasteiger partial charge in [0.2, 0.25) is 11.4 Å². The molecule has 0 bridgehead atoms. The van der Waals surface area contributed by atoms with E-state index in [0.29, 0.717) is 23.3 Å². The van der Waals surface area contributed by atoms with Gasteiger partial charge < -0.3 is 17.7 Å². The van der Waals surface area contributed by atoms with Crippen LogP contribution in [0.5, 0.6) is 0 Å². The third-order valence-corrected chi connectivity index (χ3v) is 26.8. The number of aliphatic imine (C=N–C) groups is 1. The monoisotopic (exact) mass is 1770 g/mol. The molecule has 0 N–H and O–H groups in total. The Morgan fingerprint density at radius 1 is 0.328 bits per heavy atom. The van der Waals surface area contributed by atoms with Crippen LogP contribution < -0.4 is 22.8 Å². The molecule has 0 spiro atoms. The summed E-state index contributed by atoms with van der Waals surface area (Å²) >= 11 is 0. The minimum atomic E-state index is 0.182. The molecule has 134 heavy (non-hydrogen) atoms. The first-order valence-electron chi connectivity index (χ1n) is 45.9. The summed E-state index contributed by atoms with van der Waals surface area (Å²) in [5.74, 6) is 6.68. The SMILES string of the molecule is Cc1ccc2c(oc3ccccc32)c1-c1n(C)c2ccccc2[n+]1C.Cc1ccc2c(oc3ccccc32)c1-c1n(C)cc[n+]1C.Cc1ccc2c(oc3ncccc32)c1-c1n(C)c2ccccc2[n+]1C.Cc1ccc2c(oc3ncccc32)c1-c1n(C)cc[n+]1C.Cc1ccccc1-c1n(-c2c(C(C)C)cccc2C(C)C)c2ccccc2[n+]1C.Cc1ccccc1C1N=CC=[N+]1C. The van der Waals surface area contributed by atoms with Crippen molar-refractivity contribution in [1.29, 1.82) is 0 Å². The lowest BCUT2D eigenvalue weighted by Gasteiger charge is -2.18. The van der Waals surface area contributed by atoms with Crippen LogP contribution in [-0.4, -0.2) is 56.9 Å². The molecule has 1 unspecified atom stereocenters. The van der Waals surface area contributed by atoms with Gasteiger partial charge >= 0.3 is 0 Å². The molecule has 12 aromatic carbocycles. The maximum absolute atomic E-state index is 6.30. The summed E-state index contributed by atoms with van der Waals surface area (Å²) in [6.45, 7) is 22.0. The number of aryl methyl sites for hydroxylation is 15. The smallest absolute Gasteiger partial charge is 0.295 e. The van der Waals surface area contributed by atoms with Crippen LogP contribution in [0.25, 0.3) is 184 Å². The molecule has 11 aromatic heterocycles. The molecule has 1 aliphatic rings. The highest BCUT2D eigenvalue weighted by molar-refractivity contribution is 6.15. The molecule has 1 aliphatic heterocycles. The van der Waals surface area contributed by atoms with Crippen LogP contribution in [0.2, 0.25) is 0 Å². The Balaban J connectivity index is 0.000000105. The normalized spacial score (nSPS) is 12.6. The number of nitrogens with zero attached hydrogens (tertiary/aromatic N) is 14. The molecule has 0 aliphatic carbocycles. The topological polar surface area (TPSA) is 138 Å². The van der Waals surface area contributed by atoms with Gasteiger partial charge in [-0.1, -0.05) is 204 Å². The van der Waals surface area contributed by atoms with Gasteiger partial charge in [0.05, 0.1) is 75.2 Å². The van der Waals surface area contributed by atoms with Crippen LogP contribution in [0, 0.1) is 41.5 Å². The van der Waals surface area contributed by atoms with Crippen LogP contribution in [0.3, 0.4) is 0 Å². The highest BCUT2D eigenvalue weighted by Crippen LogP contribution is 2.44. The second-order valence-corrected chi connectivity index (χ2v) is 36.2. The predicted molar refractivity (Wildman–Crippen MR) is 544 cm³/mol. The van der Waals surface area contributed by atoms with E-state index >= 15 is 0 Å². The quantitative estimate of drug-likeness (QED) is 0.132. The first-order chi connectivity index (χ1) is 64.9. The summed E-state index contributed by atoms with van der Waals surface area (Å²) in [7, 11) is 20.9. The molecule has 24 rings (SSSR count). The number of hydrogen-bond acceptors (Lipinski definition) is 7. The molecule has 0 saturated carbocycles. The lowest BCUT2D eigenvalue weighted by molar-refractivity contribution is -0.659. The van der Waals surface area contributed by atoms with E-state index in [1.54, 1.807) is 12.4 Å². The highest BCUT2D eigenvalue weighted by atomic mass is 16.3. The Kier molecular flexibility index (Phi) is 23.5. The van der Waals surface area contributed by atoms with Crippen molar-refractivity contribution in [3.63, 3.8) is 0 Å². The summed E-state index contributed by atoms with van der Waals surface area (Å²) in [5.41, 5.74) is 33.0. The largest absolute Gasteiger partial charge is 0.455 e. The number of rotatable bonds is 9. The number of hydrogen-bond donors (Lipinski definition) is 0. The number of pyridine rings is 2. The van der Waals surface area contributed by atoms with E-state index in [1.165, 1.54) is 127 Å². The van der Waals surface area contributed by atoms with Crippen molar-refractivity contribution in [1.82, 2.24) is 32.8 Å². The van der Waals surface area contributed by atoms with Crippen LogP contribution in [0.1, 0.15) is 95.8 Å². The van der Waals surface area contributed by atoms with E-state index in [-0.39, 0.29) is 6.17 Å². The third kappa shape index (κ3) is 15.4. The summed E-state index contributed by atoms with van der Waals surface area (Å²) < 4.78 is 49.1. The van der Waals surface area contributed by atoms with Gasteiger partial charge in [-0.15, -0.1) is 0 Å². The van der Waals surface area contributed by atoms with Crippen LogP contribution in [0.15, 0.2) is 321 Å². The van der Waals surface area contributed by atoms with E-state index in [9.17, 15) is 0 Å². The molecule has 12 heterocycles. The zero-order valence-corrected chi connectivity index (χ0v) is 80.1. The molecule has 666 valence electrons. The second-order valence-electron chi connectivity index (χ2n) is 36.2. The van der Waals surface area contributed by atoms with Crippen LogP contribution >= 0.6 is 0 Å². The average molecular weight is 1770 g/mol. The summed E-state index contributed by atoms with van der Waals surface area (Å²) in [6.07, 6.45) is 15.8. The lowest BCUT2D eigenvalue weighted by atomic mass is 9.92. The van der Waals surface area contributed by atoms with E-state index in [2.05, 4.69) is 447 Å². The lowest BCUT2D eigenvalue weighted by Crippen LogP contribution is -2.30. The van der Waals surface area contributed by atoms with Gasteiger partial charge in [0.25, 0.3) is 35.3 Å². The zero-order chi connectivity index (χ0) is 93.3. The van der Waals surface area contributed by atoms with Gasteiger partial charge in [0, 0.05) is 72.2 Å². The van der Waals surface area contributed by atoms with Gasteiger partial charge in [0.1, 0.15) is 70.9 Å². The van der Waals surface area contributed by atoms with Crippen molar-refractivity contribution < 1.29 is 45.1 Å². The Labute approximate surface area is 780 Å². The van der Waals surface area contributed by atoms with Crippen LogP contribution in [-0.2, 0) is 63.4 Å². The van der Waals surface area contributed by atoms with Crippen molar-refractivity contribution in [2.45, 2.75) is 87.2 Å². The van der Waals surface area contributed by atoms with Gasteiger partial charge in [0.15, 0.2) is 61.6 Å². The molecule has 23 aromatic rings. The molecule has 18 heteroatoms. The number of benzene rings is 12. The summed E-state index contributed by atoms with van der Waals surface area (Å²) in [6, 6.07) is 91.3. The number of para-hydroxylation sites is 9. The number of aromatic nitrogens is 12. The molecular weight excluding hydrogens is 1650 g/mol. The Morgan fingerprint density at radius 3 is 1.12 bits per heavy atom. The molecule has 18 nitrogen and oxygen atoms in total. The third-order valence-electron chi connectivity index (χ3n) is 26.8. The number of imidazole rings is 5. The summed E-state index contributed by atoms with van der Waals surface area (Å²) in [4.78, 5) is 13.1. The Morgan fingerprint density at radius 2 is 0.701 bits per heavy atom. The fourth-order valence-corrected chi connectivity index (χ4v) is 20.0. The molecule has 0 amide bonds. The fraction of sp³-hybridized carbons (Fsp3) is 0.198. The van der Waals surface area contributed by atoms with Crippen molar-refractivity contribution in [3.8, 4) is 62.6 Å². The predicted octanol–water partition coefficient (Wildman–Crippen LogP) is 24.5. The standard InChI is InChI=1S/C27H31N2.C22H19N2O.C21H18N3O.C18H17N2O.C17H16N3O.C11H13N2/c1-18(2)21-14-11-15-22(19(3)4)26(21)29-25-17-10-9-16-24(25)28(6)27(29)23-13-8-7-12-20(23)5;1-14-12-13-16-15-8-4-7-11-19(15)25-21(16)20(14)22-23(2)17-9-5-6-10-18(17)24(22)3;1-13-10-11-14-15-7-6-12-22-20(15)25-19(14)18(13)21-23(2)16-8-4-5-9-17(16)24(21)3;1-12-8-9-14-13-6-4-5-7-15(13)21-17(14)16(12)18-19(2)10-11-20(18)3;1-11-6-7-12-13-5-4-8-18-16(13)21-15(12)14(11)17-19(2)9-10-20(17)3;1-9-5-3-4-6-10(9)11-12-7-8-13(11)2/h7-19H,1-6H3;4-13H,1-3H3;4-12H,1-3H3;4-11H,1-3H3;4-10H,1-3H3;3-8,11H,1-2H3/q6*+1. The van der Waals surface area contributed by atoms with E-state index in [4.69, 9.17) is 17.7 Å². The fourth-order valence-electron chi connectivity index (χ4n) is 20.0. The maximum Gasteiger partial charge on any atom is 0.295 e.